The molecule has 0 atom stereocenters. The summed E-state index contributed by atoms with van der Waals surface area (Å²) >= 11 is 0. The van der Waals surface area contributed by atoms with E-state index in [2.05, 4.69) is 26.0 Å². The second kappa shape index (κ2) is 4.27. The predicted molar refractivity (Wildman–Crippen MR) is 58.2 cm³/mol. The highest BCUT2D eigenvalue weighted by Gasteiger charge is 2.05. The molecule has 0 heterocycles. The molecule has 0 fully saturated rings. The Kier molecular flexibility index (Phi) is 3.28. The first-order chi connectivity index (χ1) is 6.50. The molecule has 0 spiro atoms. The first-order valence-corrected chi connectivity index (χ1v) is 4.88. The molecule has 1 amide bonds. The smallest absolute Gasteiger partial charge is 0.221 e. The van der Waals surface area contributed by atoms with E-state index in [0.29, 0.717) is 12.3 Å². The van der Waals surface area contributed by atoms with Crippen molar-refractivity contribution < 1.29 is 4.79 Å². The lowest BCUT2D eigenvalue weighted by molar-refractivity contribution is -0.117. The van der Waals surface area contributed by atoms with Gasteiger partial charge in [0.1, 0.15) is 0 Å². The second-order valence-electron chi connectivity index (χ2n) is 3.98. The fourth-order valence-corrected chi connectivity index (χ4v) is 1.43. The summed E-state index contributed by atoms with van der Waals surface area (Å²) in [4.78, 5) is 10.8. The lowest BCUT2D eigenvalue weighted by Gasteiger charge is -2.09. The van der Waals surface area contributed by atoms with Crippen LogP contribution in [0, 0.1) is 6.92 Å². The highest BCUT2D eigenvalue weighted by atomic mass is 16.1. The SMILES string of the molecule is Cc1ccc(C(C)C)cc1CC(N)=O. The van der Waals surface area contributed by atoms with Crippen LogP contribution >= 0.6 is 0 Å². The summed E-state index contributed by atoms with van der Waals surface area (Å²) in [6.45, 7) is 6.28. The van der Waals surface area contributed by atoms with Crippen molar-refractivity contribution in [2.45, 2.75) is 33.1 Å². The van der Waals surface area contributed by atoms with Crippen LogP contribution in [0.2, 0.25) is 0 Å². The van der Waals surface area contributed by atoms with Crippen LogP contribution in [0.15, 0.2) is 18.2 Å². The van der Waals surface area contributed by atoms with E-state index in [0.717, 1.165) is 11.1 Å². The van der Waals surface area contributed by atoms with E-state index in [-0.39, 0.29) is 5.91 Å². The molecule has 0 aliphatic heterocycles. The number of aryl methyl sites for hydroxylation is 1. The zero-order chi connectivity index (χ0) is 10.7. The lowest BCUT2D eigenvalue weighted by Crippen LogP contribution is -2.14. The van der Waals surface area contributed by atoms with Crippen LogP contribution in [0.5, 0.6) is 0 Å². The molecular formula is C12H17NO. The van der Waals surface area contributed by atoms with Gasteiger partial charge in [-0.1, -0.05) is 32.0 Å². The van der Waals surface area contributed by atoms with Gasteiger partial charge in [-0.2, -0.15) is 0 Å². The van der Waals surface area contributed by atoms with Gasteiger partial charge < -0.3 is 5.73 Å². The van der Waals surface area contributed by atoms with Crippen LogP contribution in [0.25, 0.3) is 0 Å². The van der Waals surface area contributed by atoms with E-state index in [1.54, 1.807) is 0 Å². The second-order valence-corrected chi connectivity index (χ2v) is 3.98. The van der Waals surface area contributed by atoms with Crippen molar-refractivity contribution >= 4 is 5.91 Å². The van der Waals surface area contributed by atoms with Gasteiger partial charge in [0.05, 0.1) is 6.42 Å². The van der Waals surface area contributed by atoms with Crippen LogP contribution in [0.3, 0.4) is 0 Å². The van der Waals surface area contributed by atoms with E-state index in [4.69, 9.17) is 5.73 Å². The molecule has 1 aromatic rings. The van der Waals surface area contributed by atoms with Crippen molar-refractivity contribution in [3.05, 3.63) is 34.9 Å². The van der Waals surface area contributed by atoms with Crippen molar-refractivity contribution in [1.82, 2.24) is 0 Å². The van der Waals surface area contributed by atoms with Gasteiger partial charge in [-0.15, -0.1) is 0 Å². The number of nitrogens with two attached hydrogens (primary N) is 1. The Hall–Kier alpha value is -1.31. The van der Waals surface area contributed by atoms with Crippen LogP contribution in [0.1, 0.15) is 36.5 Å². The number of carbonyl (C=O) groups is 1. The Balaban J connectivity index is 3.02. The minimum Gasteiger partial charge on any atom is -0.369 e. The molecule has 1 aromatic carbocycles. The van der Waals surface area contributed by atoms with Crippen molar-refractivity contribution in [3.8, 4) is 0 Å². The van der Waals surface area contributed by atoms with Crippen molar-refractivity contribution in [2.75, 3.05) is 0 Å². The molecule has 0 radical (unpaired) electrons. The highest BCUT2D eigenvalue weighted by Crippen LogP contribution is 2.18. The third-order valence-electron chi connectivity index (χ3n) is 2.40. The summed E-state index contributed by atoms with van der Waals surface area (Å²) in [7, 11) is 0. The van der Waals surface area contributed by atoms with Gasteiger partial charge >= 0.3 is 0 Å². The molecule has 0 saturated heterocycles. The van der Waals surface area contributed by atoms with Crippen molar-refractivity contribution in [3.63, 3.8) is 0 Å². The van der Waals surface area contributed by atoms with Crippen LogP contribution in [0.4, 0.5) is 0 Å². The lowest BCUT2D eigenvalue weighted by atomic mass is 9.96. The minimum absolute atomic E-state index is 0.269. The normalized spacial score (nSPS) is 10.6. The van der Waals surface area contributed by atoms with Gasteiger partial charge in [-0.05, 0) is 29.5 Å². The van der Waals surface area contributed by atoms with Gasteiger partial charge in [-0.25, -0.2) is 0 Å². The topological polar surface area (TPSA) is 43.1 Å². The van der Waals surface area contributed by atoms with Crippen molar-refractivity contribution in [1.29, 1.82) is 0 Å². The molecule has 14 heavy (non-hydrogen) atoms. The number of benzene rings is 1. The van der Waals surface area contributed by atoms with Crippen LogP contribution in [-0.2, 0) is 11.2 Å². The molecule has 2 N–H and O–H groups in total. The average Bonchev–Trinajstić information content (AvgIpc) is 2.07. The standard InChI is InChI=1S/C12H17NO/c1-8(2)10-5-4-9(3)11(6-10)7-12(13)14/h4-6,8H,7H2,1-3H3,(H2,13,14). The summed E-state index contributed by atoms with van der Waals surface area (Å²) in [5.41, 5.74) is 8.61. The van der Waals surface area contributed by atoms with Gasteiger partial charge in [0.15, 0.2) is 0 Å². The molecule has 1 rings (SSSR count). The summed E-state index contributed by atoms with van der Waals surface area (Å²) in [6, 6.07) is 6.23. The largest absolute Gasteiger partial charge is 0.369 e. The first kappa shape index (κ1) is 10.8. The van der Waals surface area contributed by atoms with Gasteiger partial charge in [-0.3, -0.25) is 4.79 Å². The van der Waals surface area contributed by atoms with Crippen molar-refractivity contribution in [2.24, 2.45) is 5.73 Å². The monoisotopic (exact) mass is 191 g/mol. The number of carbonyl (C=O) groups excluding carboxylic acids is 1. The fourth-order valence-electron chi connectivity index (χ4n) is 1.43. The molecule has 76 valence electrons. The number of primary amides is 1. The Bertz CT molecular complexity index is 342. The third-order valence-corrected chi connectivity index (χ3v) is 2.40. The highest BCUT2D eigenvalue weighted by molar-refractivity contribution is 5.77. The van der Waals surface area contributed by atoms with E-state index < -0.39 is 0 Å². The minimum atomic E-state index is -0.269. The Morgan fingerprint density at radius 2 is 2.07 bits per heavy atom. The summed E-state index contributed by atoms with van der Waals surface area (Å²) in [5.74, 6) is 0.219. The van der Waals surface area contributed by atoms with E-state index in [1.165, 1.54) is 5.56 Å². The summed E-state index contributed by atoms with van der Waals surface area (Å²) in [6.07, 6.45) is 0.340. The zero-order valence-electron chi connectivity index (χ0n) is 9.00. The Labute approximate surface area is 85.1 Å². The summed E-state index contributed by atoms with van der Waals surface area (Å²) < 4.78 is 0. The zero-order valence-corrected chi connectivity index (χ0v) is 9.00. The molecular weight excluding hydrogens is 174 g/mol. The van der Waals surface area contributed by atoms with Crippen LogP contribution in [-0.4, -0.2) is 5.91 Å². The third kappa shape index (κ3) is 2.59. The van der Waals surface area contributed by atoms with Gasteiger partial charge in [0, 0.05) is 0 Å². The number of amides is 1. The predicted octanol–water partition coefficient (Wildman–Crippen LogP) is 2.15. The molecule has 0 unspecified atom stereocenters. The Morgan fingerprint density at radius 1 is 1.43 bits per heavy atom. The molecule has 2 nitrogen and oxygen atoms in total. The number of hydrogen-bond donors (Lipinski definition) is 1. The summed E-state index contributed by atoms with van der Waals surface area (Å²) in [5, 5.41) is 0. The molecule has 0 aromatic heterocycles. The van der Waals surface area contributed by atoms with E-state index >= 15 is 0 Å². The fraction of sp³-hybridized carbons (Fsp3) is 0.417. The van der Waals surface area contributed by atoms with E-state index in [9.17, 15) is 4.79 Å². The average molecular weight is 191 g/mol. The molecule has 0 aliphatic carbocycles. The first-order valence-electron chi connectivity index (χ1n) is 4.88. The van der Waals surface area contributed by atoms with Crippen LogP contribution < -0.4 is 5.73 Å². The van der Waals surface area contributed by atoms with Gasteiger partial charge in [0.2, 0.25) is 5.91 Å². The molecule has 0 aliphatic rings. The van der Waals surface area contributed by atoms with E-state index in [1.807, 2.05) is 13.0 Å². The Morgan fingerprint density at radius 3 is 2.57 bits per heavy atom. The quantitative estimate of drug-likeness (QED) is 0.781. The molecule has 0 bridgehead atoms. The molecule has 2 heteroatoms. The van der Waals surface area contributed by atoms with Gasteiger partial charge in [0.25, 0.3) is 0 Å². The maximum Gasteiger partial charge on any atom is 0.221 e. The maximum absolute atomic E-state index is 10.8. The number of rotatable bonds is 3. The number of hydrogen-bond acceptors (Lipinski definition) is 1. The molecule has 0 saturated carbocycles. The maximum atomic E-state index is 10.8.